The molecule has 1 heterocycles. The van der Waals surface area contributed by atoms with E-state index in [9.17, 15) is 14.0 Å². The molecule has 0 spiro atoms. The quantitative estimate of drug-likeness (QED) is 0.524. The summed E-state index contributed by atoms with van der Waals surface area (Å²) >= 11 is 7.59. The van der Waals surface area contributed by atoms with Crippen LogP contribution in [-0.2, 0) is 22.7 Å². The number of hydrogen-bond donors (Lipinski definition) is 1. The van der Waals surface area contributed by atoms with Gasteiger partial charge in [0.1, 0.15) is 11.1 Å². The summed E-state index contributed by atoms with van der Waals surface area (Å²) in [5.41, 5.74) is 2.43. The van der Waals surface area contributed by atoms with Crippen molar-refractivity contribution in [3.05, 3.63) is 94.8 Å². The molecule has 0 fully saturated rings. The Balaban J connectivity index is 1.53. The minimum absolute atomic E-state index is 0.140. The van der Waals surface area contributed by atoms with Crippen molar-refractivity contribution in [2.24, 2.45) is 5.92 Å². The Bertz CT molecular complexity index is 1140. The van der Waals surface area contributed by atoms with E-state index in [0.717, 1.165) is 21.7 Å². The Hall–Kier alpha value is -2.83. The van der Waals surface area contributed by atoms with Crippen molar-refractivity contribution in [3.8, 4) is 0 Å². The highest BCUT2D eigenvalue weighted by molar-refractivity contribution is 8.01. The summed E-state index contributed by atoms with van der Waals surface area (Å²) in [7, 11) is 0. The zero-order valence-electron chi connectivity index (χ0n) is 17.4. The van der Waals surface area contributed by atoms with Crippen LogP contribution in [0.3, 0.4) is 0 Å². The lowest BCUT2D eigenvalue weighted by molar-refractivity contribution is -0.128. The van der Waals surface area contributed by atoms with Gasteiger partial charge in [-0.25, -0.2) is 4.39 Å². The van der Waals surface area contributed by atoms with E-state index in [1.165, 1.54) is 23.9 Å². The molecule has 0 bridgehead atoms. The Morgan fingerprint density at radius 2 is 1.78 bits per heavy atom. The normalized spacial score (nSPS) is 16.4. The highest BCUT2D eigenvalue weighted by atomic mass is 35.5. The summed E-state index contributed by atoms with van der Waals surface area (Å²) in [5, 5.41) is 2.92. The topological polar surface area (TPSA) is 49.4 Å². The minimum Gasteiger partial charge on any atom is -0.352 e. The molecule has 0 unspecified atom stereocenters. The molecule has 1 aliphatic heterocycles. The predicted molar refractivity (Wildman–Crippen MR) is 126 cm³/mol. The first kappa shape index (κ1) is 22.4. The van der Waals surface area contributed by atoms with Gasteiger partial charge >= 0.3 is 0 Å². The molecule has 0 aromatic heterocycles. The second-order valence-corrected chi connectivity index (χ2v) is 9.25. The zero-order chi connectivity index (χ0) is 22.7. The number of fused-ring (bicyclic) bond motifs is 1. The van der Waals surface area contributed by atoms with Crippen LogP contribution in [0, 0.1) is 11.7 Å². The number of hydrogen-bond acceptors (Lipinski definition) is 3. The molecular formula is C25H22ClFN2O2S. The van der Waals surface area contributed by atoms with Crippen molar-refractivity contribution < 1.29 is 14.0 Å². The van der Waals surface area contributed by atoms with Gasteiger partial charge in [0.15, 0.2) is 0 Å². The maximum absolute atomic E-state index is 13.5. The second kappa shape index (κ2) is 9.76. The van der Waals surface area contributed by atoms with Crippen molar-refractivity contribution in [1.82, 2.24) is 5.32 Å². The van der Waals surface area contributed by atoms with Crippen molar-refractivity contribution in [2.45, 2.75) is 30.2 Å². The smallest absolute Gasteiger partial charge is 0.241 e. The van der Waals surface area contributed by atoms with E-state index in [2.05, 4.69) is 5.32 Å². The number of carbonyl (C=O) groups is 2. The fourth-order valence-corrected chi connectivity index (χ4v) is 5.10. The van der Waals surface area contributed by atoms with Gasteiger partial charge in [-0.3, -0.25) is 9.59 Å². The van der Waals surface area contributed by atoms with Crippen molar-refractivity contribution >= 4 is 40.9 Å². The first-order valence-corrected chi connectivity index (χ1v) is 11.5. The van der Waals surface area contributed by atoms with Crippen LogP contribution < -0.4 is 10.2 Å². The second-order valence-electron chi connectivity index (χ2n) is 7.65. The Morgan fingerprint density at radius 1 is 1.09 bits per heavy atom. The number of amides is 2. The minimum atomic E-state index is -0.573. The molecule has 32 heavy (non-hydrogen) atoms. The molecule has 4 nitrogen and oxygen atoms in total. The van der Waals surface area contributed by atoms with Crippen molar-refractivity contribution in [1.29, 1.82) is 0 Å². The number of rotatable bonds is 6. The maximum atomic E-state index is 13.5. The van der Waals surface area contributed by atoms with Crippen LogP contribution in [0.15, 0.2) is 77.7 Å². The molecule has 3 aromatic carbocycles. The number of nitrogens with zero attached hydrogens (tertiary/aromatic N) is 1. The molecule has 0 saturated carbocycles. The fourth-order valence-electron chi connectivity index (χ4n) is 3.61. The van der Waals surface area contributed by atoms with Gasteiger partial charge in [0, 0.05) is 16.5 Å². The van der Waals surface area contributed by atoms with E-state index >= 15 is 0 Å². The molecular weight excluding hydrogens is 447 g/mol. The van der Waals surface area contributed by atoms with Gasteiger partial charge in [-0.2, -0.15) is 0 Å². The first-order valence-electron chi connectivity index (χ1n) is 10.3. The largest absolute Gasteiger partial charge is 0.352 e. The molecule has 1 N–H and O–H groups in total. The number of para-hydroxylation sites is 1. The average Bonchev–Trinajstić information content (AvgIpc) is 2.81. The van der Waals surface area contributed by atoms with Gasteiger partial charge in [0.25, 0.3) is 0 Å². The van der Waals surface area contributed by atoms with Crippen LogP contribution in [-0.4, -0.2) is 17.1 Å². The highest BCUT2D eigenvalue weighted by Crippen LogP contribution is 2.42. The third-order valence-electron chi connectivity index (χ3n) is 5.45. The summed E-state index contributed by atoms with van der Waals surface area (Å²) in [6, 6.07) is 21.1. The number of halogens is 2. The summed E-state index contributed by atoms with van der Waals surface area (Å²) in [6.45, 7) is 2.37. The molecule has 1 aliphatic rings. The number of nitrogens with one attached hydrogen (secondary N) is 1. The molecule has 0 saturated heterocycles. The Morgan fingerprint density at radius 3 is 2.53 bits per heavy atom. The molecule has 7 heteroatoms. The molecule has 2 atom stereocenters. The molecule has 2 amide bonds. The lowest BCUT2D eigenvalue weighted by atomic mass is 10.0. The zero-order valence-corrected chi connectivity index (χ0v) is 19.0. The molecule has 4 rings (SSSR count). The van der Waals surface area contributed by atoms with Gasteiger partial charge in [0.2, 0.25) is 11.8 Å². The SMILES string of the molecule is C[C@H](C(=O)NCc1ccccc1Cl)[C@@H]1Sc2ccccc2N(Cc2ccc(F)cc2)C1=O. The van der Waals surface area contributed by atoms with Gasteiger partial charge in [-0.05, 0) is 41.5 Å². The lowest BCUT2D eigenvalue weighted by Crippen LogP contribution is -2.47. The average molecular weight is 469 g/mol. The van der Waals surface area contributed by atoms with E-state index in [1.807, 2.05) is 42.5 Å². The van der Waals surface area contributed by atoms with Crippen LogP contribution in [0.2, 0.25) is 5.02 Å². The van der Waals surface area contributed by atoms with E-state index in [-0.39, 0.29) is 17.6 Å². The molecule has 0 aliphatic carbocycles. The summed E-state index contributed by atoms with van der Waals surface area (Å²) in [5.74, 6) is -1.23. The van der Waals surface area contributed by atoms with Crippen LogP contribution in [0.5, 0.6) is 0 Å². The lowest BCUT2D eigenvalue weighted by Gasteiger charge is -2.35. The standard InChI is InChI=1S/C25H22ClFN2O2S/c1-16(24(30)28-14-18-6-2-3-7-20(18)26)23-25(31)29(15-17-10-12-19(27)13-11-17)21-8-4-5-9-22(21)32-23/h2-13,16,23H,14-15H2,1H3,(H,28,30)/t16-,23-/m0/s1. The van der Waals surface area contributed by atoms with Crippen LogP contribution in [0.25, 0.3) is 0 Å². The summed E-state index contributed by atoms with van der Waals surface area (Å²) < 4.78 is 13.3. The summed E-state index contributed by atoms with van der Waals surface area (Å²) in [6.07, 6.45) is 0. The first-order chi connectivity index (χ1) is 15.4. The number of thioether (sulfide) groups is 1. The third kappa shape index (κ3) is 4.81. The fraction of sp³-hybridized carbons (Fsp3) is 0.200. The van der Waals surface area contributed by atoms with Gasteiger partial charge < -0.3 is 10.2 Å². The van der Waals surface area contributed by atoms with E-state index in [1.54, 1.807) is 30.0 Å². The summed E-state index contributed by atoms with van der Waals surface area (Å²) in [4.78, 5) is 29.0. The van der Waals surface area contributed by atoms with Crippen LogP contribution >= 0.6 is 23.4 Å². The number of benzene rings is 3. The molecule has 0 radical (unpaired) electrons. The van der Waals surface area contributed by atoms with Crippen LogP contribution in [0.1, 0.15) is 18.1 Å². The highest BCUT2D eigenvalue weighted by Gasteiger charge is 2.39. The maximum Gasteiger partial charge on any atom is 0.241 e. The van der Waals surface area contributed by atoms with Crippen LogP contribution in [0.4, 0.5) is 10.1 Å². The molecule has 3 aromatic rings. The third-order valence-corrected chi connectivity index (χ3v) is 7.28. The Kier molecular flexibility index (Phi) is 6.82. The van der Waals surface area contributed by atoms with Gasteiger partial charge in [0.05, 0.1) is 18.2 Å². The predicted octanol–water partition coefficient (Wildman–Crippen LogP) is 5.44. The van der Waals surface area contributed by atoms with E-state index in [4.69, 9.17) is 11.6 Å². The number of carbonyl (C=O) groups excluding carboxylic acids is 2. The van der Waals surface area contributed by atoms with Gasteiger partial charge in [-0.15, -0.1) is 11.8 Å². The van der Waals surface area contributed by atoms with Crippen molar-refractivity contribution in [2.75, 3.05) is 4.90 Å². The monoisotopic (exact) mass is 468 g/mol. The van der Waals surface area contributed by atoms with Gasteiger partial charge in [-0.1, -0.05) is 61.0 Å². The molecule has 164 valence electrons. The van der Waals surface area contributed by atoms with Crippen molar-refractivity contribution in [3.63, 3.8) is 0 Å². The van der Waals surface area contributed by atoms with E-state index < -0.39 is 11.2 Å². The van der Waals surface area contributed by atoms with E-state index in [0.29, 0.717) is 18.1 Å². The Labute approximate surface area is 195 Å². The number of anilines is 1.